The van der Waals surface area contributed by atoms with Crippen LogP contribution in [-0.4, -0.2) is 30.2 Å². The molecule has 0 amide bonds. The average Bonchev–Trinajstić information content (AvgIpc) is 3.05. The summed E-state index contributed by atoms with van der Waals surface area (Å²) in [5.74, 6) is 0.887. The molecule has 0 saturated carbocycles. The fourth-order valence-electron chi connectivity index (χ4n) is 2.73. The Hall–Kier alpha value is -1.97. The number of nitrogens with zero attached hydrogens (tertiary/aromatic N) is 4. The first kappa shape index (κ1) is 10.00. The third-order valence-electron chi connectivity index (χ3n) is 3.72. The Morgan fingerprint density at radius 1 is 1.00 bits per heavy atom. The highest BCUT2D eigenvalue weighted by Crippen LogP contribution is 2.18. The largest absolute Gasteiger partial charge is 0.341 e. The first-order chi connectivity index (χ1) is 8.92. The molecule has 3 aliphatic heterocycles. The summed E-state index contributed by atoms with van der Waals surface area (Å²) in [7, 11) is 0. The van der Waals surface area contributed by atoms with E-state index in [0.717, 1.165) is 40.9 Å². The Morgan fingerprint density at radius 3 is 2.78 bits per heavy atom. The molecule has 3 heterocycles. The van der Waals surface area contributed by atoms with Crippen molar-refractivity contribution in [3.8, 4) is 0 Å². The smallest absolute Gasteiger partial charge is 0.226 e. The molecule has 90 valence electrons. The maximum absolute atomic E-state index is 4.71. The summed E-state index contributed by atoms with van der Waals surface area (Å²) in [5.41, 5.74) is 2.11. The second-order valence-corrected chi connectivity index (χ2v) is 4.91. The quantitative estimate of drug-likeness (QED) is 0.663. The number of aliphatic imine (C=N–C) groups is 2. The molecule has 0 atom stereocenters. The van der Waals surface area contributed by atoms with Gasteiger partial charge >= 0.3 is 0 Å². The standard InChI is InChI=1S/C14H14N4/c1-2-6-18(7-3-1)14-16-12-5-4-10-8-15-9-11(10)13(12)17-14/h4-5,8-9H,1-3,6-7H2. The molecule has 4 rings (SSSR count). The van der Waals surface area contributed by atoms with Gasteiger partial charge in [0.05, 0.1) is 5.36 Å². The molecule has 0 bridgehead atoms. The molecule has 0 unspecified atom stereocenters. The number of benzene rings is 1. The first-order valence-electron chi connectivity index (χ1n) is 6.50. The molecule has 3 aliphatic rings. The Morgan fingerprint density at radius 2 is 1.89 bits per heavy atom. The van der Waals surface area contributed by atoms with E-state index < -0.39 is 0 Å². The summed E-state index contributed by atoms with van der Waals surface area (Å²) in [6.07, 6.45) is 7.58. The van der Waals surface area contributed by atoms with Crippen molar-refractivity contribution in [3.05, 3.63) is 28.3 Å². The Labute approximate surface area is 105 Å². The number of rotatable bonds is 0. The molecule has 4 nitrogen and oxygen atoms in total. The third-order valence-corrected chi connectivity index (χ3v) is 3.72. The van der Waals surface area contributed by atoms with Gasteiger partial charge in [-0.25, -0.2) is 9.98 Å². The molecule has 1 aromatic carbocycles. The van der Waals surface area contributed by atoms with Gasteiger partial charge in [-0.1, -0.05) is 6.07 Å². The van der Waals surface area contributed by atoms with Gasteiger partial charge in [0.2, 0.25) is 5.96 Å². The fourth-order valence-corrected chi connectivity index (χ4v) is 2.73. The molecule has 0 aliphatic carbocycles. The molecule has 1 fully saturated rings. The zero-order valence-corrected chi connectivity index (χ0v) is 10.1. The Bertz CT molecular complexity index is 678. The maximum atomic E-state index is 4.71. The van der Waals surface area contributed by atoms with Gasteiger partial charge < -0.3 is 4.90 Å². The summed E-state index contributed by atoms with van der Waals surface area (Å²) < 4.78 is 0. The van der Waals surface area contributed by atoms with Crippen LogP contribution in [-0.2, 0) is 0 Å². The Balaban J connectivity index is 1.79. The van der Waals surface area contributed by atoms with Crippen molar-refractivity contribution in [2.45, 2.75) is 19.3 Å². The second-order valence-electron chi connectivity index (χ2n) is 4.91. The molecule has 0 aromatic heterocycles. The fraction of sp³-hybridized carbons (Fsp3) is 0.357. The second kappa shape index (κ2) is 3.77. The lowest BCUT2D eigenvalue weighted by Crippen LogP contribution is -2.34. The zero-order valence-electron chi connectivity index (χ0n) is 10.1. The highest BCUT2D eigenvalue weighted by molar-refractivity contribution is 5.96. The van der Waals surface area contributed by atoms with E-state index in [1.807, 2.05) is 18.5 Å². The zero-order chi connectivity index (χ0) is 11.9. The van der Waals surface area contributed by atoms with E-state index in [4.69, 9.17) is 4.99 Å². The van der Waals surface area contributed by atoms with Gasteiger partial charge in [0.15, 0.2) is 0 Å². The predicted molar refractivity (Wildman–Crippen MR) is 71.8 cm³/mol. The number of fused-ring (bicyclic) bond motifs is 3. The van der Waals surface area contributed by atoms with Crippen molar-refractivity contribution in [1.29, 1.82) is 0 Å². The highest BCUT2D eigenvalue weighted by Gasteiger charge is 2.20. The number of hydrogen-bond donors (Lipinski definition) is 0. The highest BCUT2D eigenvalue weighted by atomic mass is 15.3. The SMILES string of the molecule is C1=NC=c2ccc3c(c21)N=C(N1CCCCC1)N=3. The van der Waals surface area contributed by atoms with Gasteiger partial charge in [-0.05, 0) is 25.3 Å². The van der Waals surface area contributed by atoms with Gasteiger partial charge in [-0.2, -0.15) is 0 Å². The lowest BCUT2D eigenvalue weighted by atomic mass is 10.1. The third kappa shape index (κ3) is 1.41. The minimum absolute atomic E-state index is 0.887. The molecule has 1 saturated heterocycles. The number of hydrogen-bond acceptors (Lipinski definition) is 4. The van der Waals surface area contributed by atoms with Gasteiger partial charge in [-0.3, -0.25) is 4.99 Å². The van der Waals surface area contributed by atoms with Crippen LogP contribution in [0.4, 0.5) is 5.69 Å². The molecule has 18 heavy (non-hydrogen) atoms. The van der Waals surface area contributed by atoms with Crippen molar-refractivity contribution in [1.82, 2.24) is 4.90 Å². The van der Waals surface area contributed by atoms with Crippen molar-refractivity contribution in [2.24, 2.45) is 15.0 Å². The van der Waals surface area contributed by atoms with Gasteiger partial charge in [0.25, 0.3) is 0 Å². The molecule has 0 N–H and O–H groups in total. The van der Waals surface area contributed by atoms with Gasteiger partial charge in [0, 0.05) is 36.3 Å². The summed E-state index contributed by atoms with van der Waals surface area (Å²) in [6, 6.07) is 4.11. The van der Waals surface area contributed by atoms with Gasteiger partial charge in [-0.15, -0.1) is 0 Å². The topological polar surface area (TPSA) is 40.3 Å². The van der Waals surface area contributed by atoms with E-state index in [-0.39, 0.29) is 0 Å². The van der Waals surface area contributed by atoms with Crippen molar-refractivity contribution >= 4 is 24.1 Å². The van der Waals surface area contributed by atoms with Gasteiger partial charge in [0.1, 0.15) is 5.69 Å². The molecule has 1 aromatic rings. The van der Waals surface area contributed by atoms with E-state index in [2.05, 4.69) is 21.0 Å². The van der Waals surface area contributed by atoms with E-state index in [9.17, 15) is 0 Å². The van der Waals surface area contributed by atoms with Crippen LogP contribution >= 0.6 is 0 Å². The molecular weight excluding hydrogens is 224 g/mol. The van der Waals surface area contributed by atoms with Crippen molar-refractivity contribution in [2.75, 3.05) is 13.1 Å². The molecule has 0 spiro atoms. The van der Waals surface area contributed by atoms with E-state index >= 15 is 0 Å². The van der Waals surface area contributed by atoms with Crippen LogP contribution in [0, 0.1) is 0 Å². The first-order valence-corrected chi connectivity index (χ1v) is 6.50. The lowest BCUT2D eigenvalue weighted by molar-refractivity contribution is 0.339. The number of piperidine rings is 1. The molecule has 4 heteroatoms. The summed E-state index contributed by atoms with van der Waals surface area (Å²) in [4.78, 5) is 15.9. The average molecular weight is 238 g/mol. The van der Waals surface area contributed by atoms with Crippen LogP contribution < -0.4 is 10.6 Å². The van der Waals surface area contributed by atoms with E-state index in [0.29, 0.717) is 0 Å². The van der Waals surface area contributed by atoms with Crippen LogP contribution in [0.15, 0.2) is 27.1 Å². The van der Waals surface area contributed by atoms with Crippen molar-refractivity contribution < 1.29 is 0 Å². The van der Waals surface area contributed by atoms with Crippen LogP contribution in [0.5, 0.6) is 0 Å². The van der Waals surface area contributed by atoms with Crippen LogP contribution in [0.25, 0.3) is 6.20 Å². The molecule has 0 radical (unpaired) electrons. The number of likely N-dealkylation sites (tertiary alicyclic amines) is 1. The minimum atomic E-state index is 0.887. The normalized spacial score (nSPS) is 20.0. The summed E-state index contributed by atoms with van der Waals surface area (Å²) in [5, 5.41) is 2.13. The van der Waals surface area contributed by atoms with Crippen molar-refractivity contribution in [3.63, 3.8) is 0 Å². The predicted octanol–water partition coefficient (Wildman–Crippen LogP) is 0.964. The maximum Gasteiger partial charge on any atom is 0.226 e. The van der Waals surface area contributed by atoms with E-state index in [1.54, 1.807) is 0 Å². The van der Waals surface area contributed by atoms with E-state index in [1.165, 1.54) is 19.3 Å². The molecular formula is C14H14N4. The summed E-state index contributed by atoms with van der Waals surface area (Å²) in [6.45, 7) is 2.16. The minimum Gasteiger partial charge on any atom is -0.341 e. The van der Waals surface area contributed by atoms with Crippen LogP contribution in [0.3, 0.4) is 0 Å². The monoisotopic (exact) mass is 238 g/mol. The Kier molecular flexibility index (Phi) is 2.09. The lowest BCUT2D eigenvalue weighted by Gasteiger charge is -2.26. The van der Waals surface area contributed by atoms with Crippen LogP contribution in [0.1, 0.15) is 24.8 Å². The number of guanidine groups is 1. The summed E-state index contributed by atoms with van der Waals surface area (Å²) >= 11 is 0. The van der Waals surface area contributed by atoms with Crippen LogP contribution in [0.2, 0.25) is 0 Å².